The molecule has 0 radical (unpaired) electrons. The second-order valence-electron chi connectivity index (χ2n) is 0.0639. The Labute approximate surface area is 69.0 Å². The molecule has 0 atom stereocenters. The van der Waals surface area contributed by atoms with Crippen molar-refractivity contribution in [3.63, 3.8) is 0 Å². The minimum absolute atomic E-state index is 0. The molecule has 4 heavy (non-hydrogen) atoms. The fraction of sp³-hybridized carbons (Fsp3) is 0. The average molecular weight is 500 g/mol. The summed E-state index contributed by atoms with van der Waals surface area (Å²) in [6.45, 7) is 0. The molecule has 0 aliphatic rings. The fourth-order valence-electron chi connectivity index (χ4n) is 0. The molecule has 0 unspecified atom stereocenters. The first kappa shape index (κ1) is 9.88. The average Bonchev–Trinajstić information content (AvgIpc) is 0.918. The third-order valence-corrected chi connectivity index (χ3v) is 0. The first-order valence-electron chi connectivity index (χ1n) is 0.338. The number of rotatable bonds is 0. The van der Waals surface area contributed by atoms with Crippen molar-refractivity contribution in [2.75, 3.05) is 0 Å². The summed E-state index contributed by atoms with van der Waals surface area (Å²) < 4.78 is 0. The molecule has 0 saturated carbocycles. The summed E-state index contributed by atoms with van der Waals surface area (Å²) in [6, 6.07) is 0. The van der Waals surface area contributed by atoms with Gasteiger partial charge in [0, 0.05) is 21.1 Å². The molecule has 0 aromatic carbocycles. The van der Waals surface area contributed by atoms with Gasteiger partial charge in [0.1, 0.15) is 0 Å². The fourth-order valence-corrected chi connectivity index (χ4v) is 0. The van der Waals surface area contributed by atoms with Crippen LogP contribution in [0, 0.1) is 0 Å². The third kappa shape index (κ3) is 8.83. The molecule has 0 aromatic heterocycles. The summed E-state index contributed by atoms with van der Waals surface area (Å²) in [7, 11) is 0.628. The van der Waals surface area contributed by atoms with Crippen molar-refractivity contribution < 1.29 is 30.5 Å². The molecule has 0 fully saturated rings. The minimum Gasteiger partial charge on any atom is 0 e. The second kappa shape index (κ2) is 9.22. The van der Waals surface area contributed by atoms with Crippen LogP contribution >= 0.6 is 40.0 Å². The Morgan fingerprint density at radius 3 is 1.25 bits per heavy atom. The largest absolute Gasteiger partial charge is 0 e. The molecule has 29 valence electrons. The van der Waals surface area contributed by atoms with E-state index in [-0.39, 0.29) is 21.1 Å². The van der Waals surface area contributed by atoms with Gasteiger partial charge in [0.15, 0.2) is 0 Å². The van der Waals surface area contributed by atoms with Crippen LogP contribution in [0.4, 0.5) is 0 Å². The molecule has 0 bridgehead atoms. The quantitative estimate of drug-likeness (QED) is 0.446. The van der Waals surface area contributed by atoms with Crippen LogP contribution in [0.1, 0.15) is 0 Å². The van der Waals surface area contributed by atoms with E-state index in [9.17, 15) is 0 Å². The summed E-state index contributed by atoms with van der Waals surface area (Å²) in [4.78, 5) is 0. The van der Waals surface area contributed by atoms with Crippen LogP contribution in [0.15, 0.2) is 0 Å². The van der Waals surface area contributed by atoms with E-state index in [4.69, 9.17) is 0 Å². The van der Waals surface area contributed by atoms with Crippen LogP contribution in [0.3, 0.4) is 0 Å². The molecule has 0 aliphatic heterocycles. The van der Waals surface area contributed by atoms with E-state index in [2.05, 4.69) is 40.0 Å². The Morgan fingerprint density at radius 1 is 1.25 bits per heavy atom. The van der Waals surface area contributed by atoms with E-state index < -0.39 is 0 Å². The first-order chi connectivity index (χ1) is 1.41. The standard InChI is InChI=1S/2HI.Pt.V/h2*1H;;/q;;;+2/p-2. The van der Waals surface area contributed by atoms with Crippen LogP contribution in [0.25, 0.3) is 0 Å². The zero-order valence-corrected chi connectivity index (χ0v) is 9.50. The Hall–Kier alpha value is 2.73. The zero-order valence-electron chi connectivity index (χ0n) is 1.52. The molecule has 0 saturated heterocycles. The maximum absolute atomic E-state index is 2.37. The normalized spacial score (nSPS) is 3.50. The van der Waals surface area contributed by atoms with Gasteiger partial charge in [-0.15, -0.1) is 0 Å². The van der Waals surface area contributed by atoms with Crippen LogP contribution < -0.4 is 0 Å². The molecular formula is I2PtV. The number of hydrogen-bond acceptors (Lipinski definition) is 0. The zero-order chi connectivity index (χ0) is 2.71. The van der Waals surface area contributed by atoms with Gasteiger partial charge < -0.3 is 0 Å². The maximum Gasteiger partial charge on any atom is 0 e. The summed E-state index contributed by atoms with van der Waals surface area (Å²) in [6.07, 6.45) is 0. The van der Waals surface area contributed by atoms with Gasteiger partial charge in [0.25, 0.3) is 0 Å². The number of hydrogen-bond donors (Lipinski definition) is 0. The van der Waals surface area contributed by atoms with Crippen molar-refractivity contribution in [2.24, 2.45) is 0 Å². The van der Waals surface area contributed by atoms with Gasteiger partial charge in [-0.05, 0) is 0 Å². The molecule has 0 amide bonds. The Balaban J connectivity index is 0. The van der Waals surface area contributed by atoms with E-state index in [0.29, 0.717) is 9.47 Å². The van der Waals surface area contributed by atoms with Gasteiger partial charge in [-0.3, -0.25) is 0 Å². The van der Waals surface area contributed by atoms with E-state index in [0.717, 1.165) is 0 Å². The summed E-state index contributed by atoms with van der Waals surface area (Å²) in [5.74, 6) is 0. The second-order valence-corrected chi connectivity index (χ2v) is 11.9. The van der Waals surface area contributed by atoms with E-state index in [1.54, 1.807) is 0 Å². The van der Waals surface area contributed by atoms with Gasteiger partial charge in [-0.2, -0.15) is 0 Å². The van der Waals surface area contributed by atoms with Crippen LogP contribution in [0.2, 0.25) is 0 Å². The van der Waals surface area contributed by atoms with Gasteiger partial charge in [-0.1, -0.05) is 0 Å². The summed E-state index contributed by atoms with van der Waals surface area (Å²) in [5.41, 5.74) is 0. The topological polar surface area (TPSA) is 0 Å². The van der Waals surface area contributed by atoms with Gasteiger partial charge >= 0.3 is 49.4 Å². The summed E-state index contributed by atoms with van der Waals surface area (Å²) >= 11 is 4.74. The molecule has 0 N–H and O–H groups in total. The predicted molar refractivity (Wildman–Crippen MR) is 28.0 cm³/mol. The van der Waals surface area contributed by atoms with Gasteiger partial charge in [0.05, 0.1) is 0 Å². The van der Waals surface area contributed by atoms with Crippen LogP contribution in [-0.4, -0.2) is 0 Å². The van der Waals surface area contributed by atoms with Crippen molar-refractivity contribution in [1.29, 1.82) is 0 Å². The van der Waals surface area contributed by atoms with Crippen LogP contribution in [0.5, 0.6) is 0 Å². The molecular weight excluding hydrogens is 500 g/mol. The van der Waals surface area contributed by atoms with E-state index >= 15 is 0 Å². The Kier molecular flexibility index (Phi) is 22.8. The Bertz CT molecular complexity index is 6.00. The van der Waals surface area contributed by atoms with Gasteiger partial charge in [0.2, 0.25) is 0 Å². The minimum atomic E-state index is 0. The molecule has 0 rings (SSSR count). The summed E-state index contributed by atoms with van der Waals surface area (Å²) in [5, 5.41) is 0. The monoisotopic (exact) mass is 500 g/mol. The molecule has 0 aromatic rings. The number of halogens is 2. The molecule has 0 heterocycles. The van der Waals surface area contributed by atoms with Crippen molar-refractivity contribution in [3.05, 3.63) is 0 Å². The molecule has 0 spiro atoms. The van der Waals surface area contributed by atoms with Crippen molar-refractivity contribution in [1.82, 2.24) is 0 Å². The van der Waals surface area contributed by atoms with Crippen LogP contribution in [-0.2, 0) is 30.5 Å². The van der Waals surface area contributed by atoms with Gasteiger partial charge in [-0.25, -0.2) is 0 Å². The third-order valence-electron chi connectivity index (χ3n) is 0. The smallest absolute Gasteiger partial charge is 0 e. The maximum atomic E-state index is 2.37. The van der Waals surface area contributed by atoms with Crippen molar-refractivity contribution in [3.8, 4) is 0 Å². The SMILES string of the molecule is [I][V][I].[Pt]. The van der Waals surface area contributed by atoms with E-state index in [1.165, 1.54) is 0 Å². The van der Waals surface area contributed by atoms with Crippen molar-refractivity contribution in [2.45, 2.75) is 0 Å². The molecule has 0 nitrogen and oxygen atoms in total. The molecule has 4 heteroatoms. The van der Waals surface area contributed by atoms with E-state index in [1.807, 2.05) is 0 Å². The molecule has 0 aliphatic carbocycles. The predicted octanol–water partition coefficient (Wildman–Crippen LogP) is 1.77. The Morgan fingerprint density at radius 2 is 1.25 bits per heavy atom. The van der Waals surface area contributed by atoms with Crippen molar-refractivity contribution >= 4 is 40.0 Å². The first-order valence-corrected chi connectivity index (χ1v) is 9.35.